The van der Waals surface area contributed by atoms with E-state index in [1.807, 2.05) is 24.3 Å². The van der Waals surface area contributed by atoms with E-state index in [1.54, 1.807) is 30.3 Å². The van der Waals surface area contributed by atoms with Crippen molar-refractivity contribution in [1.29, 1.82) is 0 Å². The van der Waals surface area contributed by atoms with Crippen molar-refractivity contribution >= 4 is 33.2 Å². The number of methoxy groups -OCH3 is 1. The van der Waals surface area contributed by atoms with Crippen LogP contribution in [0, 0.1) is 0 Å². The van der Waals surface area contributed by atoms with Crippen LogP contribution in [0.2, 0.25) is 5.02 Å². The fourth-order valence-electron chi connectivity index (χ4n) is 3.63. The quantitative estimate of drug-likeness (QED) is 0.371. The van der Waals surface area contributed by atoms with Crippen molar-refractivity contribution in [2.24, 2.45) is 0 Å². The largest absolute Gasteiger partial charge is 0.495 e. The van der Waals surface area contributed by atoms with Crippen LogP contribution in [-0.4, -0.2) is 41.1 Å². The van der Waals surface area contributed by atoms with Gasteiger partial charge in [-0.2, -0.15) is 0 Å². The first-order valence-corrected chi connectivity index (χ1v) is 13.3. The lowest BCUT2D eigenvalue weighted by atomic mass is 9.86. The molecule has 3 aromatic rings. The maximum absolute atomic E-state index is 13.5. The fourth-order valence-corrected chi connectivity index (χ4v) is 5.24. The maximum atomic E-state index is 13.5. The van der Waals surface area contributed by atoms with Crippen molar-refractivity contribution in [3.8, 4) is 11.5 Å². The summed E-state index contributed by atoms with van der Waals surface area (Å²) >= 11 is 6.16. The van der Waals surface area contributed by atoms with Gasteiger partial charge in [-0.1, -0.05) is 68.8 Å². The number of hydrogen-bond acceptors (Lipinski definition) is 5. The molecule has 3 rings (SSSR count). The van der Waals surface area contributed by atoms with Crippen molar-refractivity contribution in [3.05, 3.63) is 83.4 Å². The minimum Gasteiger partial charge on any atom is -0.495 e. The Bertz CT molecular complexity index is 1290. The monoisotopic (exact) mass is 530 g/mol. The van der Waals surface area contributed by atoms with Crippen molar-refractivity contribution in [3.63, 3.8) is 0 Å². The minimum atomic E-state index is -4.09. The molecule has 0 aliphatic heterocycles. The number of sulfonamides is 1. The van der Waals surface area contributed by atoms with Crippen molar-refractivity contribution in [2.75, 3.05) is 31.1 Å². The molecule has 0 unspecified atom stereocenters. The number of amides is 1. The number of nitrogens with zero attached hydrogens (tertiary/aromatic N) is 1. The number of rotatable bonds is 10. The summed E-state index contributed by atoms with van der Waals surface area (Å²) in [5.74, 6) is 0.522. The predicted molar refractivity (Wildman–Crippen MR) is 143 cm³/mol. The normalized spacial score (nSPS) is 11.6. The highest BCUT2D eigenvalue weighted by Gasteiger charge is 2.29. The second-order valence-corrected chi connectivity index (χ2v) is 11.4. The fraction of sp³-hybridized carbons (Fsp3) is 0.296. The SMILES string of the molecule is COc1ccc(Cl)cc1N(CC(=O)NCCOc1ccccc1C(C)(C)C)S(=O)(=O)c1ccccc1. The van der Waals surface area contributed by atoms with Gasteiger partial charge in [0.2, 0.25) is 5.91 Å². The van der Waals surface area contributed by atoms with Crippen molar-refractivity contribution < 1.29 is 22.7 Å². The number of benzene rings is 3. The Morgan fingerprint density at radius 2 is 1.64 bits per heavy atom. The third kappa shape index (κ3) is 6.71. The molecule has 0 aliphatic carbocycles. The van der Waals surface area contributed by atoms with Crippen molar-refractivity contribution in [1.82, 2.24) is 5.32 Å². The molecule has 0 bridgehead atoms. The van der Waals surface area contributed by atoms with Gasteiger partial charge in [0.25, 0.3) is 10.0 Å². The number of hydrogen-bond donors (Lipinski definition) is 1. The third-order valence-electron chi connectivity index (χ3n) is 5.40. The lowest BCUT2D eigenvalue weighted by Gasteiger charge is -2.26. The second-order valence-electron chi connectivity index (χ2n) is 9.09. The average Bonchev–Trinajstić information content (AvgIpc) is 2.85. The zero-order chi connectivity index (χ0) is 26.3. The molecule has 3 aromatic carbocycles. The Labute approximate surface area is 218 Å². The van der Waals surface area contributed by atoms with Gasteiger partial charge in [-0.05, 0) is 47.4 Å². The van der Waals surface area contributed by atoms with Crippen LogP contribution in [0.25, 0.3) is 0 Å². The molecule has 0 saturated carbocycles. The van der Waals surface area contributed by atoms with E-state index in [0.29, 0.717) is 5.02 Å². The van der Waals surface area contributed by atoms with Crippen LogP contribution >= 0.6 is 11.6 Å². The molecule has 192 valence electrons. The summed E-state index contributed by atoms with van der Waals surface area (Å²) in [7, 11) is -2.67. The van der Waals surface area contributed by atoms with Gasteiger partial charge in [0.15, 0.2) is 0 Å². The lowest BCUT2D eigenvalue weighted by Crippen LogP contribution is -2.42. The topological polar surface area (TPSA) is 84.9 Å². The zero-order valence-corrected chi connectivity index (χ0v) is 22.4. The van der Waals surface area contributed by atoms with Gasteiger partial charge < -0.3 is 14.8 Å². The number of ether oxygens (including phenoxy) is 2. The molecule has 9 heteroatoms. The Morgan fingerprint density at radius 1 is 0.972 bits per heavy atom. The number of anilines is 1. The standard InChI is InChI=1S/C27H31ClN2O5S/c1-27(2,3)22-12-8-9-13-24(22)35-17-16-29-26(31)19-30(23-18-20(28)14-15-25(23)34-4)36(32,33)21-10-6-5-7-11-21/h5-15,18H,16-17,19H2,1-4H3,(H,29,31). The van der Waals surface area contributed by atoms with Crippen LogP contribution in [0.4, 0.5) is 5.69 Å². The van der Waals surface area contributed by atoms with Gasteiger partial charge in [-0.3, -0.25) is 9.10 Å². The van der Waals surface area contributed by atoms with Crippen LogP contribution in [0.5, 0.6) is 11.5 Å². The van der Waals surface area contributed by atoms with E-state index in [4.69, 9.17) is 21.1 Å². The molecule has 0 radical (unpaired) electrons. The van der Waals surface area contributed by atoms with Crippen LogP contribution in [0.3, 0.4) is 0 Å². The molecule has 7 nitrogen and oxygen atoms in total. The van der Waals surface area contributed by atoms with E-state index < -0.39 is 22.5 Å². The Morgan fingerprint density at radius 3 is 2.31 bits per heavy atom. The molecule has 0 saturated heterocycles. The summed E-state index contributed by atoms with van der Waals surface area (Å²) in [5.41, 5.74) is 1.13. The first-order valence-electron chi connectivity index (χ1n) is 11.4. The third-order valence-corrected chi connectivity index (χ3v) is 7.41. The van der Waals surface area contributed by atoms with E-state index in [1.165, 1.54) is 25.3 Å². The molecule has 0 aliphatic rings. The van der Waals surface area contributed by atoms with Gasteiger partial charge in [0.05, 0.1) is 24.2 Å². The van der Waals surface area contributed by atoms with Gasteiger partial charge in [0, 0.05) is 5.02 Å². The molecule has 1 amide bonds. The Kier molecular flexibility index (Phi) is 8.87. The summed E-state index contributed by atoms with van der Waals surface area (Å²) < 4.78 is 39.3. The number of halogens is 1. The van der Waals surface area contributed by atoms with E-state index in [9.17, 15) is 13.2 Å². The van der Waals surface area contributed by atoms with Gasteiger partial charge in [0.1, 0.15) is 24.7 Å². The molecule has 0 heterocycles. The lowest BCUT2D eigenvalue weighted by molar-refractivity contribution is -0.119. The van der Waals surface area contributed by atoms with Crippen LogP contribution < -0.4 is 19.1 Å². The maximum Gasteiger partial charge on any atom is 0.264 e. The van der Waals surface area contributed by atoms with Crippen LogP contribution in [-0.2, 0) is 20.2 Å². The number of carbonyl (C=O) groups is 1. The summed E-state index contributed by atoms with van der Waals surface area (Å²) in [6.45, 7) is 6.26. The van der Waals surface area contributed by atoms with Gasteiger partial charge in [-0.15, -0.1) is 0 Å². The van der Waals surface area contributed by atoms with E-state index in [0.717, 1.165) is 15.6 Å². The first kappa shape index (κ1) is 27.4. The summed E-state index contributed by atoms with van der Waals surface area (Å²) in [4.78, 5) is 12.9. The summed E-state index contributed by atoms with van der Waals surface area (Å²) in [5, 5.41) is 3.05. The smallest absolute Gasteiger partial charge is 0.264 e. The molecule has 0 spiro atoms. The second kappa shape index (κ2) is 11.7. The first-order chi connectivity index (χ1) is 17.0. The van der Waals surface area contributed by atoms with E-state index >= 15 is 0 Å². The highest BCUT2D eigenvalue weighted by molar-refractivity contribution is 7.92. The molecule has 0 fully saturated rings. The molecule has 0 aromatic heterocycles. The highest BCUT2D eigenvalue weighted by atomic mass is 35.5. The summed E-state index contributed by atoms with van der Waals surface area (Å²) in [6.07, 6.45) is 0. The van der Waals surface area contributed by atoms with Crippen LogP contribution in [0.1, 0.15) is 26.3 Å². The Balaban J connectivity index is 1.76. The predicted octanol–water partition coefficient (Wildman–Crippen LogP) is 5.04. The number of nitrogens with one attached hydrogen (secondary N) is 1. The number of para-hydroxylation sites is 1. The number of carbonyl (C=O) groups excluding carboxylic acids is 1. The molecule has 36 heavy (non-hydrogen) atoms. The van der Waals surface area contributed by atoms with Crippen molar-refractivity contribution in [2.45, 2.75) is 31.1 Å². The van der Waals surface area contributed by atoms with E-state index in [2.05, 4.69) is 26.1 Å². The zero-order valence-electron chi connectivity index (χ0n) is 20.8. The average molecular weight is 531 g/mol. The highest BCUT2D eigenvalue weighted by Crippen LogP contribution is 2.35. The molecule has 0 atom stereocenters. The minimum absolute atomic E-state index is 0.0435. The van der Waals surface area contributed by atoms with Gasteiger partial charge in [-0.25, -0.2) is 8.42 Å². The van der Waals surface area contributed by atoms with Gasteiger partial charge >= 0.3 is 0 Å². The molecular weight excluding hydrogens is 500 g/mol. The molecular formula is C27H31ClN2O5S. The Hall–Kier alpha value is -3.23. The van der Waals surface area contributed by atoms with Crippen LogP contribution in [0.15, 0.2) is 77.7 Å². The molecule has 1 N–H and O–H groups in total. The van der Waals surface area contributed by atoms with E-state index in [-0.39, 0.29) is 34.9 Å². The summed E-state index contributed by atoms with van der Waals surface area (Å²) in [6, 6.07) is 20.3.